The molecule has 10 aromatic carbocycles. The van der Waals surface area contributed by atoms with E-state index in [1.165, 1.54) is 12.9 Å². The largest absolute Gasteiger partial charge is 0.497 e. The van der Waals surface area contributed by atoms with Gasteiger partial charge in [-0.3, -0.25) is 22.4 Å². The van der Waals surface area contributed by atoms with Crippen LogP contribution in [0.5, 0.6) is 28.7 Å². The van der Waals surface area contributed by atoms with Crippen molar-refractivity contribution in [3.63, 3.8) is 0 Å². The van der Waals surface area contributed by atoms with E-state index in [9.17, 15) is 72.8 Å². The van der Waals surface area contributed by atoms with Gasteiger partial charge in [0.2, 0.25) is 50.1 Å². The van der Waals surface area contributed by atoms with Crippen molar-refractivity contribution in [1.29, 1.82) is 26.3 Å². The van der Waals surface area contributed by atoms with E-state index < -0.39 is 56.8 Å². The van der Waals surface area contributed by atoms with Crippen LogP contribution in [0.4, 0.5) is 32.8 Å². The number of anilines is 5. The topological polar surface area (TPSA) is 397 Å². The van der Waals surface area contributed by atoms with Crippen molar-refractivity contribution in [3.8, 4) is 115 Å². The van der Waals surface area contributed by atoms with Crippen LogP contribution in [-0.4, -0.2) is 180 Å². The molecule has 37 heteroatoms. The first kappa shape index (κ1) is 110. The fourth-order valence-electron chi connectivity index (χ4n) is 19.0. The molecule has 15 aromatic rings. The molecule has 2 saturated heterocycles. The lowest BCUT2D eigenvalue weighted by Crippen LogP contribution is -2.34. The summed E-state index contributed by atoms with van der Waals surface area (Å²) in [6, 6.07) is 76.2. The van der Waals surface area contributed by atoms with E-state index in [0.717, 1.165) is 218 Å². The lowest BCUT2D eigenvalue weighted by atomic mass is 10.1. The number of sulfonamides is 5. The molecule has 3 fully saturated rings. The predicted octanol–water partition coefficient (Wildman–Crippen LogP) is 21.3. The number of ether oxygens (including phenoxy) is 5. The minimum absolute atomic E-state index is 0.0167. The number of hydrogen-bond acceptors (Lipinski definition) is 21. The number of rotatable bonds is 35. The Morgan fingerprint density at radius 2 is 0.779 bits per heavy atom. The van der Waals surface area contributed by atoms with E-state index in [-0.39, 0.29) is 29.1 Å². The summed E-state index contributed by atoms with van der Waals surface area (Å²) >= 11 is 0. The Labute approximate surface area is 871 Å². The zero-order valence-electron chi connectivity index (χ0n) is 85.9. The molecule has 1 aliphatic carbocycles. The molecule has 31 nitrogen and oxygen atoms in total. The van der Waals surface area contributed by atoms with Crippen molar-refractivity contribution in [2.75, 3.05) is 127 Å². The second-order valence-corrected chi connectivity index (χ2v) is 46.3. The summed E-state index contributed by atoms with van der Waals surface area (Å²) in [7, 11) is -6.67. The van der Waals surface area contributed by atoms with Gasteiger partial charge in [0.05, 0.1) is 158 Å². The number of fused-ring (bicyclic) bond motifs is 5. The van der Waals surface area contributed by atoms with E-state index in [1.807, 2.05) is 195 Å². The zero-order chi connectivity index (χ0) is 107. The first-order valence-electron chi connectivity index (χ1n) is 49.5. The quantitative estimate of drug-likeness (QED) is 0.0372. The van der Waals surface area contributed by atoms with Gasteiger partial charge < -0.3 is 51.4 Å². The Morgan fingerprint density at radius 3 is 1.15 bits per heavy atom. The third-order valence-electron chi connectivity index (χ3n) is 26.8. The molecule has 5 aromatic heterocycles. The summed E-state index contributed by atoms with van der Waals surface area (Å²) in [5.74, 6) is 3.85. The fraction of sp³-hybridized carbons (Fsp3) is 0.330. The van der Waals surface area contributed by atoms with E-state index >= 15 is 0 Å². The Balaban J connectivity index is 0.000000147. The number of nitriles is 5. The van der Waals surface area contributed by atoms with Gasteiger partial charge in [0.1, 0.15) is 72.4 Å². The number of alkyl halides is 1. The molecule has 0 bridgehead atoms. The normalized spacial score (nSPS) is 13.4. The van der Waals surface area contributed by atoms with E-state index in [0.29, 0.717) is 101 Å². The lowest BCUT2D eigenvalue weighted by molar-refractivity contribution is 0.273. The summed E-state index contributed by atoms with van der Waals surface area (Å²) < 4.78 is 181. The summed E-state index contributed by atoms with van der Waals surface area (Å²) in [6.45, 7) is 17.7. The molecular formula is C112H123FN16O15S5. The molecule has 0 unspecified atom stereocenters. The molecule has 18 rings (SSSR count). The maximum atomic E-state index is 12.9. The summed E-state index contributed by atoms with van der Waals surface area (Å²) in [6.07, 6.45) is 9.50. The molecule has 0 atom stereocenters. The molecular weight excluding hydrogens is 1990 g/mol. The smallest absolute Gasteiger partial charge is 0.236 e. The minimum atomic E-state index is -3.41. The maximum absolute atomic E-state index is 12.9. The third kappa shape index (κ3) is 24.2. The standard InChI is InChI=1S/C25H30N4O3S.C23H25N3O3S.C22H22FN3O3S.2C21H23N3O3S/c1-4-29-24-17-21(32-3)11-12-22(24)23(18-26)25(29)19-7-9-20(10-8-19)27(2)33(30,31)16-15-28-13-5-6-14-28;1-3-4-13-26-22-14-18(29-2)9-12-20(22)21(15-24)23(26)16-5-7-17(8-6-16)25-30(27,28)19-10-11-19;1-2-25-21-14-18(29-12-10-23)8-9-19(21)20(15-24)22(25)16-4-6-17(7-5-16)26-11-3-13-30(26,27)28;1-5-27-17-11-12-18-19(14-22)21(23(3)20(18)13-17)15-7-9-16(10-8-15)24(4)28(25,26)6-2;1-4-5-12-24-20-13-17(27-2)10-11-18(20)19(14-22)21(24)15-6-8-16(9-7-15)23-28(3,25)26/h7-12,17H,4-6,13-16H2,1-3H3;5-9,12,14,19,25H,3-4,10-11,13H2,1-2H3;4-9,14H,2-3,10-13H2,1H3;7-13H,5-6H2,1-4H3;6-11,13,23H,4-5,12H2,1-3H3. The van der Waals surface area contributed by atoms with Crippen LogP contribution in [0.2, 0.25) is 0 Å². The van der Waals surface area contributed by atoms with E-state index in [2.05, 4.69) is 72.2 Å². The van der Waals surface area contributed by atoms with Gasteiger partial charge >= 0.3 is 0 Å². The van der Waals surface area contributed by atoms with Gasteiger partial charge in [-0.1, -0.05) is 87.4 Å². The van der Waals surface area contributed by atoms with Crippen molar-refractivity contribution in [2.45, 2.75) is 131 Å². The second kappa shape index (κ2) is 47.9. The van der Waals surface area contributed by atoms with Crippen molar-refractivity contribution >= 4 is 133 Å². The molecule has 2 aliphatic heterocycles. The van der Waals surface area contributed by atoms with Crippen molar-refractivity contribution in [3.05, 3.63) is 240 Å². The van der Waals surface area contributed by atoms with Crippen molar-refractivity contribution < 1.29 is 70.2 Å². The molecule has 0 spiro atoms. The van der Waals surface area contributed by atoms with Gasteiger partial charge in [0.25, 0.3) is 0 Å². The van der Waals surface area contributed by atoms with Crippen LogP contribution in [0.15, 0.2) is 212 Å². The number of likely N-dealkylation sites (tertiary alicyclic amines) is 1. The van der Waals surface area contributed by atoms with Crippen LogP contribution in [0.3, 0.4) is 0 Å². The Morgan fingerprint density at radius 1 is 0.423 bits per heavy atom. The summed E-state index contributed by atoms with van der Waals surface area (Å²) in [4.78, 5) is 2.20. The highest BCUT2D eigenvalue weighted by Crippen LogP contribution is 2.44. The molecule has 149 heavy (non-hydrogen) atoms. The minimum Gasteiger partial charge on any atom is -0.497 e. The molecule has 3 aliphatic rings. The van der Waals surface area contributed by atoms with Gasteiger partial charge in [-0.05, 0) is 235 Å². The summed E-state index contributed by atoms with van der Waals surface area (Å²) in [5.41, 5.74) is 18.8. The number of hydrogen-bond donors (Lipinski definition) is 2. The van der Waals surface area contributed by atoms with Gasteiger partial charge in [0, 0.05) is 129 Å². The number of nitrogens with zero attached hydrogens (tertiary/aromatic N) is 14. The van der Waals surface area contributed by atoms with Crippen molar-refractivity contribution in [1.82, 2.24) is 27.7 Å². The van der Waals surface area contributed by atoms with Gasteiger partial charge in [0.15, 0.2) is 0 Å². The SMILES string of the molecule is CCCCn1c(-c2ccc(NS(=O)(=O)C3CC3)cc2)c(C#N)c2ccc(OC)cc21.CCCCn1c(-c2ccc(NS(C)(=O)=O)cc2)c(C#N)c2ccc(OC)cc21.CCOc1ccc2c(C#N)c(-c3ccc(N(C)S(=O)(=O)CC)cc3)n(C)c2c1.CCn1c(-c2ccc(N(C)S(=O)(=O)CCN3CCCC3)cc2)c(C#N)c2ccc(OC)cc21.CCn1c(-c2ccc(N3CCCS3(=O)=O)cc2)c(C#N)c2ccc(OCCF)cc21. The molecule has 7 heterocycles. The number of unbranched alkanes of at least 4 members (excludes halogenated alkanes) is 2. The number of halogens is 1. The van der Waals surface area contributed by atoms with Crippen LogP contribution in [0, 0.1) is 56.7 Å². The van der Waals surface area contributed by atoms with Gasteiger partial charge in [-0.2, -0.15) is 26.3 Å². The van der Waals surface area contributed by atoms with Crippen LogP contribution in [-0.2, 0) is 83.3 Å². The number of nitrogens with one attached hydrogen (secondary N) is 2. The van der Waals surface area contributed by atoms with Crippen molar-refractivity contribution in [2.24, 2.45) is 7.05 Å². The van der Waals surface area contributed by atoms with Crippen LogP contribution in [0.1, 0.15) is 127 Å². The monoisotopic (exact) mass is 2110 g/mol. The molecule has 2 N–H and O–H groups in total. The third-order valence-corrected chi connectivity index (χ3v) is 34.6. The number of aromatic nitrogens is 5. The van der Waals surface area contributed by atoms with E-state index in [4.69, 9.17) is 23.7 Å². The Kier molecular flexibility index (Phi) is 35.2. The van der Waals surface area contributed by atoms with Gasteiger partial charge in [-0.15, -0.1) is 0 Å². The molecule has 1 saturated carbocycles. The van der Waals surface area contributed by atoms with Crippen LogP contribution in [0.25, 0.3) is 111 Å². The van der Waals surface area contributed by atoms with Crippen LogP contribution >= 0.6 is 0 Å². The first-order chi connectivity index (χ1) is 71.6. The fourth-order valence-corrected chi connectivity index (χ4v) is 24.5. The Hall–Kier alpha value is -15.0. The van der Waals surface area contributed by atoms with Gasteiger partial charge in [-0.25, -0.2) is 46.5 Å². The lowest BCUT2D eigenvalue weighted by Gasteiger charge is -2.22. The highest BCUT2D eigenvalue weighted by molar-refractivity contribution is 7.94. The summed E-state index contributed by atoms with van der Waals surface area (Å²) in [5, 5.41) is 53.4. The predicted molar refractivity (Wildman–Crippen MR) is 590 cm³/mol. The number of methoxy groups -OCH3 is 3. The maximum Gasteiger partial charge on any atom is 0.236 e. The second-order valence-electron chi connectivity index (χ2n) is 36.2. The van der Waals surface area contributed by atoms with Crippen LogP contribution < -0.4 is 46.0 Å². The first-order valence-corrected chi connectivity index (χ1v) is 57.7. The average Bonchev–Trinajstić information content (AvgIpc) is 1.62. The highest BCUT2D eigenvalue weighted by atomic mass is 32.2. The molecule has 0 amide bonds. The number of benzene rings is 10. The average molecular weight is 2110 g/mol. The molecule has 0 radical (unpaired) electrons. The highest BCUT2D eigenvalue weighted by Gasteiger charge is 2.37. The zero-order valence-corrected chi connectivity index (χ0v) is 89.9. The van der Waals surface area contributed by atoms with E-state index in [1.54, 1.807) is 96.9 Å². The number of aryl methyl sites for hydroxylation is 5. The Bertz CT molecular complexity index is 8270. The molecule has 778 valence electrons.